The highest BCUT2D eigenvalue weighted by Gasteiger charge is 2.12. The molecule has 0 spiro atoms. The summed E-state index contributed by atoms with van der Waals surface area (Å²) in [6.45, 7) is 6.37. The van der Waals surface area contributed by atoms with Gasteiger partial charge in [0.25, 0.3) is 5.56 Å². The number of hydrogen-bond acceptors (Lipinski definition) is 5. The molecule has 0 radical (unpaired) electrons. The molecule has 2 aromatic heterocycles. The predicted molar refractivity (Wildman–Crippen MR) is 72.6 cm³/mol. The van der Waals surface area contributed by atoms with Crippen molar-refractivity contribution >= 4 is 17.1 Å². The van der Waals surface area contributed by atoms with Crippen LogP contribution in [0.4, 0.5) is 5.95 Å². The van der Waals surface area contributed by atoms with E-state index in [1.54, 1.807) is 10.9 Å². The zero-order valence-corrected chi connectivity index (χ0v) is 10.8. The minimum atomic E-state index is -0.347. The number of aromatic nitrogens is 4. The summed E-state index contributed by atoms with van der Waals surface area (Å²) in [6, 6.07) is 0. The van der Waals surface area contributed by atoms with Crippen molar-refractivity contribution in [2.75, 3.05) is 12.3 Å². The molecule has 0 saturated carbocycles. The van der Waals surface area contributed by atoms with Crippen LogP contribution >= 0.6 is 0 Å². The number of nitrogens with one attached hydrogen (secondary N) is 1. The van der Waals surface area contributed by atoms with Gasteiger partial charge in [-0.25, -0.2) is 4.98 Å². The first-order chi connectivity index (χ1) is 9.02. The number of imidazole rings is 1. The first-order valence-corrected chi connectivity index (χ1v) is 5.99. The molecule has 2 rings (SSSR count). The van der Waals surface area contributed by atoms with Gasteiger partial charge < -0.3 is 15.4 Å². The van der Waals surface area contributed by atoms with E-state index < -0.39 is 0 Å². The van der Waals surface area contributed by atoms with E-state index in [4.69, 9.17) is 5.73 Å². The average Bonchev–Trinajstić information content (AvgIpc) is 2.73. The SMILES string of the molecule is C=C(C)C(CO)CCn1cnc2c(=O)[nH]c(N)nc21. The fourth-order valence-electron chi connectivity index (χ4n) is 1.92. The Morgan fingerprint density at radius 2 is 2.42 bits per heavy atom. The van der Waals surface area contributed by atoms with Gasteiger partial charge >= 0.3 is 0 Å². The zero-order valence-electron chi connectivity index (χ0n) is 10.8. The minimum Gasteiger partial charge on any atom is -0.396 e. The van der Waals surface area contributed by atoms with Gasteiger partial charge in [0.2, 0.25) is 5.95 Å². The Labute approximate surface area is 109 Å². The van der Waals surface area contributed by atoms with E-state index >= 15 is 0 Å². The van der Waals surface area contributed by atoms with Crippen LogP contribution in [0.25, 0.3) is 11.2 Å². The fourth-order valence-corrected chi connectivity index (χ4v) is 1.92. The van der Waals surface area contributed by atoms with Crippen molar-refractivity contribution in [3.05, 3.63) is 28.8 Å². The van der Waals surface area contributed by atoms with E-state index in [0.717, 1.165) is 5.57 Å². The first kappa shape index (κ1) is 13.3. The second kappa shape index (κ2) is 5.23. The lowest BCUT2D eigenvalue weighted by molar-refractivity contribution is 0.235. The van der Waals surface area contributed by atoms with Gasteiger partial charge in [-0.05, 0) is 13.3 Å². The first-order valence-electron chi connectivity index (χ1n) is 5.99. The fraction of sp³-hybridized carbons (Fsp3) is 0.417. The molecule has 7 heteroatoms. The van der Waals surface area contributed by atoms with E-state index in [0.29, 0.717) is 18.6 Å². The lowest BCUT2D eigenvalue weighted by Crippen LogP contribution is -2.14. The van der Waals surface area contributed by atoms with Crippen LogP contribution in [0.1, 0.15) is 13.3 Å². The average molecular weight is 263 g/mol. The number of H-pyrrole nitrogens is 1. The maximum Gasteiger partial charge on any atom is 0.280 e. The topological polar surface area (TPSA) is 110 Å². The van der Waals surface area contributed by atoms with Crippen molar-refractivity contribution in [3.8, 4) is 0 Å². The number of aliphatic hydroxyl groups is 1. The summed E-state index contributed by atoms with van der Waals surface area (Å²) in [7, 11) is 0. The molecule has 0 amide bonds. The van der Waals surface area contributed by atoms with Crippen LogP contribution in [0.2, 0.25) is 0 Å². The quantitative estimate of drug-likeness (QED) is 0.671. The Balaban J connectivity index is 2.27. The summed E-state index contributed by atoms with van der Waals surface area (Å²) < 4.78 is 1.76. The molecule has 0 aliphatic heterocycles. The lowest BCUT2D eigenvalue weighted by Gasteiger charge is -2.14. The number of aromatic amines is 1. The number of nitrogens with two attached hydrogens (primary N) is 1. The molecule has 2 aromatic rings. The highest BCUT2D eigenvalue weighted by atomic mass is 16.3. The van der Waals surface area contributed by atoms with E-state index in [2.05, 4.69) is 21.5 Å². The van der Waals surface area contributed by atoms with E-state index in [1.807, 2.05) is 6.92 Å². The third kappa shape index (κ3) is 2.65. The van der Waals surface area contributed by atoms with Gasteiger partial charge in [0.05, 0.1) is 6.33 Å². The summed E-state index contributed by atoms with van der Waals surface area (Å²) in [5, 5.41) is 9.25. The summed E-state index contributed by atoms with van der Waals surface area (Å²) >= 11 is 0. The standard InChI is InChI=1S/C12H17N5O2/c1-7(2)8(5-18)3-4-17-6-14-9-10(17)15-12(13)16-11(9)19/h6,8,18H,1,3-5H2,2H3,(H3,13,15,16,19). The maximum atomic E-state index is 11.6. The molecule has 1 unspecified atom stereocenters. The van der Waals surface area contributed by atoms with Gasteiger partial charge in [-0.15, -0.1) is 0 Å². The van der Waals surface area contributed by atoms with Crippen molar-refractivity contribution < 1.29 is 5.11 Å². The van der Waals surface area contributed by atoms with E-state index in [9.17, 15) is 9.90 Å². The van der Waals surface area contributed by atoms with Gasteiger partial charge in [-0.3, -0.25) is 9.78 Å². The Bertz CT molecular complexity index is 658. The van der Waals surface area contributed by atoms with Crippen LogP contribution in [0.15, 0.2) is 23.3 Å². The van der Waals surface area contributed by atoms with Crippen LogP contribution in [-0.2, 0) is 6.54 Å². The Morgan fingerprint density at radius 1 is 1.68 bits per heavy atom. The number of aliphatic hydroxyl groups excluding tert-OH is 1. The van der Waals surface area contributed by atoms with Gasteiger partial charge in [0.1, 0.15) is 0 Å². The molecule has 0 aliphatic rings. The van der Waals surface area contributed by atoms with Crippen molar-refractivity contribution in [3.63, 3.8) is 0 Å². The van der Waals surface area contributed by atoms with Crippen molar-refractivity contribution in [2.45, 2.75) is 19.9 Å². The highest BCUT2D eigenvalue weighted by Crippen LogP contribution is 2.15. The molecule has 4 N–H and O–H groups in total. The molecule has 0 aliphatic carbocycles. The highest BCUT2D eigenvalue weighted by molar-refractivity contribution is 5.70. The second-order valence-electron chi connectivity index (χ2n) is 4.58. The normalized spacial score (nSPS) is 12.7. The molecule has 7 nitrogen and oxygen atoms in total. The van der Waals surface area contributed by atoms with Crippen LogP contribution in [-0.4, -0.2) is 31.2 Å². The molecule has 1 atom stereocenters. The summed E-state index contributed by atoms with van der Waals surface area (Å²) in [5.74, 6) is 0.0923. The third-order valence-corrected chi connectivity index (χ3v) is 3.13. The van der Waals surface area contributed by atoms with Crippen molar-refractivity contribution in [1.82, 2.24) is 19.5 Å². The maximum absolute atomic E-state index is 11.6. The largest absolute Gasteiger partial charge is 0.396 e. The van der Waals surface area contributed by atoms with Crippen LogP contribution < -0.4 is 11.3 Å². The molecule has 102 valence electrons. The second-order valence-corrected chi connectivity index (χ2v) is 4.58. The molecular formula is C12H17N5O2. The number of anilines is 1. The molecule has 2 heterocycles. The Kier molecular flexibility index (Phi) is 3.66. The number of nitrogens with zero attached hydrogens (tertiary/aromatic N) is 3. The number of nitrogen functional groups attached to an aromatic ring is 1. The smallest absolute Gasteiger partial charge is 0.280 e. The van der Waals surface area contributed by atoms with E-state index in [1.165, 1.54) is 0 Å². The van der Waals surface area contributed by atoms with Crippen molar-refractivity contribution in [1.29, 1.82) is 0 Å². The summed E-state index contributed by atoms with van der Waals surface area (Å²) in [5.41, 5.74) is 6.83. The van der Waals surface area contributed by atoms with Gasteiger partial charge in [0, 0.05) is 19.1 Å². The van der Waals surface area contributed by atoms with Crippen LogP contribution in [0.3, 0.4) is 0 Å². The number of hydrogen-bond donors (Lipinski definition) is 3. The summed E-state index contributed by atoms with van der Waals surface area (Å²) in [6.07, 6.45) is 2.25. The van der Waals surface area contributed by atoms with Gasteiger partial charge in [-0.2, -0.15) is 4.98 Å². The van der Waals surface area contributed by atoms with Gasteiger partial charge in [0.15, 0.2) is 11.2 Å². The number of rotatable bonds is 5. The van der Waals surface area contributed by atoms with Crippen molar-refractivity contribution in [2.24, 2.45) is 5.92 Å². The third-order valence-electron chi connectivity index (χ3n) is 3.13. The zero-order chi connectivity index (χ0) is 14.0. The summed E-state index contributed by atoms with van der Waals surface area (Å²) in [4.78, 5) is 22.1. The molecular weight excluding hydrogens is 246 g/mol. The minimum absolute atomic E-state index is 0.0248. The Hall–Kier alpha value is -2.15. The Morgan fingerprint density at radius 3 is 3.05 bits per heavy atom. The monoisotopic (exact) mass is 263 g/mol. The lowest BCUT2D eigenvalue weighted by atomic mass is 9.99. The number of fused-ring (bicyclic) bond motifs is 1. The molecule has 0 fully saturated rings. The van der Waals surface area contributed by atoms with Gasteiger partial charge in [-0.1, -0.05) is 12.2 Å². The molecule has 0 aromatic carbocycles. The number of aryl methyl sites for hydroxylation is 1. The van der Waals surface area contributed by atoms with E-state index in [-0.39, 0.29) is 29.5 Å². The molecule has 0 bridgehead atoms. The molecule has 0 saturated heterocycles. The van der Waals surface area contributed by atoms with Crippen LogP contribution in [0, 0.1) is 5.92 Å². The van der Waals surface area contributed by atoms with Crippen LogP contribution in [0.5, 0.6) is 0 Å². The predicted octanol–water partition coefficient (Wildman–Crippen LogP) is 0.276. The molecule has 19 heavy (non-hydrogen) atoms.